The SMILES string of the molecule is Cc1ccc([C@@H]2C(=C(O)c3ccccc3)C(=O)C(=O)N2c2ccccc2)cc1. The molecule has 138 valence electrons. The summed E-state index contributed by atoms with van der Waals surface area (Å²) >= 11 is 0. The van der Waals surface area contributed by atoms with E-state index < -0.39 is 17.7 Å². The molecule has 1 N–H and O–H groups in total. The Morgan fingerprint density at radius 2 is 1.39 bits per heavy atom. The molecular weight excluding hydrogens is 350 g/mol. The van der Waals surface area contributed by atoms with Crippen molar-refractivity contribution in [3.8, 4) is 0 Å². The molecule has 1 fully saturated rings. The van der Waals surface area contributed by atoms with Gasteiger partial charge in [-0.15, -0.1) is 0 Å². The van der Waals surface area contributed by atoms with E-state index >= 15 is 0 Å². The molecule has 28 heavy (non-hydrogen) atoms. The normalized spacial score (nSPS) is 18.5. The number of hydrogen-bond donors (Lipinski definition) is 1. The zero-order valence-electron chi connectivity index (χ0n) is 15.4. The van der Waals surface area contributed by atoms with Crippen LogP contribution < -0.4 is 4.90 Å². The lowest BCUT2D eigenvalue weighted by Crippen LogP contribution is -2.29. The summed E-state index contributed by atoms with van der Waals surface area (Å²) < 4.78 is 0. The number of Topliss-reactive ketones (excluding diaryl/α,β-unsaturated/α-hetero) is 1. The second-order valence-electron chi connectivity index (χ2n) is 6.78. The van der Waals surface area contributed by atoms with Crippen LogP contribution in [0.4, 0.5) is 5.69 Å². The van der Waals surface area contributed by atoms with Crippen LogP contribution in [0.1, 0.15) is 22.7 Å². The quantitative estimate of drug-likeness (QED) is 0.416. The van der Waals surface area contributed by atoms with Gasteiger partial charge in [0.15, 0.2) is 0 Å². The van der Waals surface area contributed by atoms with E-state index in [1.807, 2.05) is 55.5 Å². The Bertz CT molecular complexity index is 1050. The van der Waals surface area contributed by atoms with E-state index in [-0.39, 0.29) is 11.3 Å². The molecule has 1 aliphatic heterocycles. The van der Waals surface area contributed by atoms with Gasteiger partial charge in [0.05, 0.1) is 11.6 Å². The molecule has 0 saturated carbocycles. The van der Waals surface area contributed by atoms with Gasteiger partial charge in [0.25, 0.3) is 11.7 Å². The van der Waals surface area contributed by atoms with Crippen molar-refractivity contribution in [3.63, 3.8) is 0 Å². The van der Waals surface area contributed by atoms with Gasteiger partial charge in [-0.2, -0.15) is 0 Å². The number of carbonyl (C=O) groups excluding carboxylic acids is 2. The second kappa shape index (κ2) is 7.16. The van der Waals surface area contributed by atoms with Crippen LogP contribution in [-0.4, -0.2) is 16.8 Å². The molecule has 0 bridgehead atoms. The molecule has 1 aliphatic rings. The number of rotatable bonds is 3. The van der Waals surface area contributed by atoms with Crippen molar-refractivity contribution in [3.05, 3.63) is 107 Å². The number of aliphatic hydroxyl groups excluding tert-OH is 1. The molecule has 4 rings (SSSR count). The van der Waals surface area contributed by atoms with Crippen molar-refractivity contribution >= 4 is 23.1 Å². The summed E-state index contributed by atoms with van der Waals surface area (Å²) in [5.41, 5.74) is 3.06. The van der Waals surface area contributed by atoms with Crippen LogP contribution in [0.3, 0.4) is 0 Å². The number of ketones is 1. The zero-order chi connectivity index (χ0) is 19.7. The van der Waals surface area contributed by atoms with Crippen LogP contribution in [0.15, 0.2) is 90.5 Å². The highest BCUT2D eigenvalue weighted by Crippen LogP contribution is 2.42. The number of para-hydroxylation sites is 1. The molecule has 0 spiro atoms. The fraction of sp³-hybridized carbons (Fsp3) is 0.0833. The molecule has 0 aliphatic carbocycles. The Kier molecular flexibility index (Phi) is 4.53. The van der Waals surface area contributed by atoms with Gasteiger partial charge in [0.2, 0.25) is 0 Å². The zero-order valence-corrected chi connectivity index (χ0v) is 15.4. The summed E-state index contributed by atoms with van der Waals surface area (Å²) in [7, 11) is 0. The van der Waals surface area contributed by atoms with Gasteiger partial charge in [-0.1, -0.05) is 78.4 Å². The summed E-state index contributed by atoms with van der Waals surface area (Å²) in [6, 6.07) is 24.8. The lowest BCUT2D eigenvalue weighted by atomic mass is 9.94. The van der Waals surface area contributed by atoms with Gasteiger partial charge < -0.3 is 5.11 Å². The van der Waals surface area contributed by atoms with Gasteiger partial charge in [-0.3, -0.25) is 14.5 Å². The predicted octanol–water partition coefficient (Wildman–Crippen LogP) is 4.62. The van der Waals surface area contributed by atoms with Gasteiger partial charge in [-0.05, 0) is 24.6 Å². The second-order valence-corrected chi connectivity index (χ2v) is 6.78. The lowest BCUT2D eigenvalue weighted by molar-refractivity contribution is -0.132. The molecule has 1 heterocycles. The van der Waals surface area contributed by atoms with Crippen molar-refractivity contribution in [1.82, 2.24) is 0 Å². The molecule has 4 heteroatoms. The maximum Gasteiger partial charge on any atom is 0.300 e. The molecule has 1 atom stereocenters. The number of carbonyl (C=O) groups is 2. The standard InChI is InChI=1S/C24H19NO3/c1-16-12-14-17(15-13-16)21-20(22(26)18-8-4-2-5-9-18)23(27)24(28)25(21)19-10-6-3-7-11-19/h2-15,21,26H,1H3/t21-/m1/s1. The van der Waals surface area contributed by atoms with Crippen molar-refractivity contribution in [2.45, 2.75) is 13.0 Å². The van der Waals surface area contributed by atoms with Gasteiger partial charge in [-0.25, -0.2) is 0 Å². The first kappa shape index (κ1) is 17.7. The Labute approximate surface area is 163 Å². The van der Waals surface area contributed by atoms with E-state index in [1.54, 1.807) is 36.4 Å². The van der Waals surface area contributed by atoms with E-state index in [2.05, 4.69) is 0 Å². The number of anilines is 1. The summed E-state index contributed by atoms with van der Waals surface area (Å²) in [6.07, 6.45) is 0. The predicted molar refractivity (Wildman–Crippen MR) is 109 cm³/mol. The molecule has 0 unspecified atom stereocenters. The number of hydrogen-bond acceptors (Lipinski definition) is 3. The average Bonchev–Trinajstić information content (AvgIpc) is 3.00. The fourth-order valence-electron chi connectivity index (χ4n) is 3.50. The molecule has 1 saturated heterocycles. The molecular formula is C24H19NO3. The van der Waals surface area contributed by atoms with Crippen molar-refractivity contribution < 1.29 is 14.7 Å². The maximum absolute atomic E-state index is 12.9. The summed E-state index contributed by atoms with van der Waals surface area (Å²) in [6.45, 7) is 1.97. The molecule has 0 aromatic heterocycles. The first-order chi connectivity index (χ1) is 13.6. The maximum atomic E-state index is 12.9. The average molecular weight is 369 g/mol. The first-order valence-electron chi connectivity index (χ1n) is 9.06. The van der Waals surface area contributed by atoms with Crippen LogP contribution in [0.2, 0.25) is 0 Å². The van der Waals surface area contributed by atoms with Crippen LogP contribution in [-0.2, 0) is 9.59 Å². The third-order valence-corrected chi connectivity index (χ3v) is 4.92. The first-order valence-corrected chi connectivity index (χ1v) is 9.06. The highest BCUT2D eigenvalue weighted by atomic mass is 16.3. The Morgan fingerprint density at radius 1 is 0.821 bits per heavy atom. The summed E-state index contributed by atoms with van der Waals surface area (Å²) in [5.74, 6) is -1.49. The molecule has 3 aromatic carbocycles. The molecule has 0 radical (unpaired) electrons. The number of amides is 1. The van der Waals surface area contributed by atoms with E-state index in [4.69, 9.17) is 0 Å². The van der Waals surface area contributed by atoms with Gasteiger partial charge in [0.1, 0.15) is 5.76 Å². The van der Waals surface area contributed by atoms with Crippen LogP contribution in [0.25, 0.3) is 5.76 Å². The number of aliphatic hydroxyl groups is 1. The largest absolute Gasteiger partial charge is 0.507 e. The van der Waals surface area contributed by atoms with Gasteiger partial charge >= 0.3 is 0 Å². The van der Waals surface area contributed by atoms with E-state index in [0.29, 0.717) is 11.3 Å². The number of aryl methyl sites for hydroxylation is 1. The van der Waals surface area contributed by atoms with E-state index in [1.165, 1.54) is 4.90 Å². The van der Waals surface area contributed by atoms with Crippen molar-refractivity contribution in [1.29, 1.82) is 0 Å². The van der Waals surface area contributed by atoms with Crippen LogP contribution >= 0.6 is 0 Å². The Balaban J connectivity index is 1.95. The minimum absolute atomic E-state index is 0.101. The Morgan fingerprint density at radius 3 is 2.00 bits per heavy atom. The van der Waals surface area contributed by atoms with E-state index in [0.717, 1.165) is 11.1 Å². The summed E-state index contributed by atoms with van der Waals surface area (Å²) in [5, 5.41) is 10.9. The monoisotopic (exact) mass is 369 g/mol. The topological polar surface area (TPSA) is 57.6 Å². The highest BCUT2D eigenvalue weighted by Gasteiger charge is 2.46. The number of benzene rings is 3. The molecule has 4 nitrogen and oxygen atoms in total. The highest BCUT2D eigenvalue weighted by molar-refractivity contribution is 6.51. The number of nitrogens with zero attached hydrogens (tertiary/aromatic N) is 1. The third kappa shape index (κ3) is 2.99. The summed E-state index contributed by atoms with van der Waals surface area (Å²) in [4.78, 5) is 27.3. The third-order valence-electron chi connectivity index (χ3n) is 4.92. The lowest BCUT2D eigenvalue weighted by Gasteiger charge is -2.25. The van der Waals surface area contributed by atoms with Crippen LogP contribution in [0.5, 0.6) is 0 Å². The molecule has 1 amide bonds. The van der Waals surface area contributed by atoms with Crippen LogP contribution in [0, 0.1) is 6.92 Å². The van der Waals surface area contributed by atoms with E-state index in [9.17, 15) is 14.7 Å². The minimum Gasteiger partial charge on any atom is -0.507 e. The van der Waals surface area contributed by atoms with Crippen molar-refractivity contribution in [2.24, 2.45) is 0 Å². The fourth-order valence-corrected chi connectivity index (χ4v) is 3.50. The molecule has 3 aromatic rings. The smallest absolute Gasteiger partial charge is 0.300 e. The van der Waals surface area contributed by atoms with Gasteiger partial charge in [0, 0.05) is 11.3 Å². The minimum atomic E-state index is -0.691. The Hall–Kier alpha value is -3.66. The van der Waals surface area contributed by atoms with Crippen molar-refractivity contribution in [2.75, 3.05) is 4.90 Å².